The Morgan fingerprint density at radius 2 is 1.62 bits per heavy atom. The molecule has 2 aliphatic heterocycles. The molecule has 9 nitrogen and oxygen atoms in total. The fourth-order valence-corrected chi connectivity index (χ4v) is 6.64. The highest BCUT2D eigenvalue weighted by atomic mass is 15.7. The van der Waals surface area contributed by atoms with Crippen LogP contribution in [0.15, 0.2) is 59.7 Å². The van der Waals surface area contributed by atoms with Crippen LogP contribution in [0.1, 0.15) is 48.8 Å². The number of hydrogen-bond donors (Lipinski definition) is 3. The van der Waals surface area contributed by atoms with Gasteiger partial charge in [0.2, 0.25) is 17.7 Å². The van der Waals surface area contributed by atoms with Crippen LogP contribution in [0.5, 0.6) is 0 Å². The molecule has 5 N–H and O–H groups in total. The van der Waals surface area contributed by atoms with Gasteiger partial charge < -0.3 is 10.6 Å². The summed E-state index contributed by atoms with van der Waals surface area (Å²) in [5, 5.41) is 1.59. The number of nitrogens with two attached hydrogens (primary N) is 2. The van der Waals surface area contributed by atoms with E-state index in [4.69, 9.17) is 16.5 Å². The van der Waals surface area contributed by atoms with Crippen molar-refractivity contribution in [1.82, 2.24) is 20.3 Å². The van der Waals surface area contributed by atoms with Gasteiger partial charge in [-0.15, -0.1) is 0 Å². The zero-order valence-electron chi connectivity index (χ0n) is 22.4. The number of nitrogens with zero attached hydrogens (tertiary/aromatic N) is 6. The third-order valence-corrected chi connectivity index (χ3v) is 8.87. The summed E-state index contributed by atoms with van der Waals surface area (Å²) in [6.45, 7) is 4.38. The van der Waals surface area contributed by atoms with E-state index in [1.807, 2.05) is 24.4 Å². The number of rotatable bonds is 4. The Balaban J connectivity index is 1.05. The SMILES string of the molecule is NC1=NC(N)(c2ccc(N3CCN(C4CCCCC4)CC3)cc2)NN1c1ncc2c(n1)-c1ccccc1CC2. The molecule has 1 unspecified atom stereocenters. The number of aliphatic imine (C=N–C) groups is 1. The summed E-state index contributed by atoms with van der Waals surface area (Å²) >= 11 is 0. The summed E-state index contributed by atoms with van der Waals surface area (Å²) in [4.78, 5) is 19.3. The van der Waals surface area contributed by atoms with Gasteiger partial charge in [0, 0.05) is 55.2 Å². The summed E-state index contributed by atoms with van der Waals surface area (Å²) in [6, 6.07) is 17.5. The van der Waals surface area contributed by atoms with Crippen LogP contribution in [0.2, 0.25) is 0 Å². The number of guanidine groups is 1. The maximum Gasteiger partial charge on any atom is 0.248 e. The van der Waals surface area contributed by atoms with E-state index >= 15 is 0 Å². The van der Waals surface area contributed by atoms with E-state index < -0.39 is 5.79 Å². The van der Waals surface area contributed by atoms with Crippen molar-refractivity contribution < 1.29 is 0 Å². The first kappa shape index (κ1) is 24.5. The lowest BCUT2D eigenvalue weighted by Gasteiger charge is -2.41. The average Bonchev–Trinajstić information content (AvgIpc) is 3.32. The van der Waals surface area contributed by atoms with Gasteiger partial charge in [0.05, 0.1) is 5.69 Å². The van der Waals surface area contributed by atoms with Crippen LogP contribution in [-0.2, 0) is 18.6 Å². The normalized spacial score (nSPS) is 23.9. The topological polar surface area (TPSA) is 112 Å². The molecule has 202 valence electrons. The molecule has 0 bridgehead atoms. The molecule has 1 saturated carbocycles. The van der Waals surface area contributed by atoms with Crippen molar-refractivity contribution in [2.45, 2.75) is 56.8 Å². The number of aromatic nitrogens is 2. The Kier molecular flexibility index (Phi) is 6.22. The van der Waals surface area contributed by atoms with Crippen molar-refractivity contribution in [2.24, 2.45) is 16.5 Å². The van der Waals surface area contributed by atoms with E-state index in [-0.39, 0.29) is 5.96 Å². The minimum Gasteiger partial charge on any atom is -0.369 e. The van der Waals surface area contributed by atoms with Crippen LogP contribution in [0.4, 0.5) is 11.6 Å². The molecule has 1 saturated heterocycles. The third kappa shape index (κ3) is 4.54. The van der Waals surface area contributed by atoms with E-state index in [9.17, 15) is 0 Å². The fourth-order valence-electron chi connectivity index (χ4n) is 6.64. The first-order chi connectivity index (χ1) is 19.1. The second-order valence-electron chi connectivity index (χ2n) is 11.2. The van der Waals surface area contributed by atoms with E-state index in [1.54, 1.807) is 5.01 Å². The Morgan fingerprint density at radius 3 is 2.41 bits per heavy atom. The monoisotopic (exact) mass is 523 g/mol. The predicted octanol–water partition coefficient (Wildman–Crippen LogP) is 3.11. The molecule has 4 aliphatic rings. The largest absolute Gasteiger partial charge is 0.369 e. The number of fused-ring (bicyclic) bond motifs is 3. The van der Waals surface area contributed by atoms with Crippen molar-refractivity contribution in [3.8, 4) is 11.3 Å². The molecule has 3 aromatic rings. The number of hydrogen-bond acceptors (Lipinski definition) is 9. The van der Waals surface area contributed by atoms with Gasteiger partial charge in [-0.25, -0.2) is 20.0 Å². The van der Waals surface area contributed by atoms with Gasteiger partial charge >= 0.3 is 0 Å². The average molecular weight is 524 g/mol. The molecule has 7 rings (SSSR count). The van der Waals surface area contributed by atoms with Gasteiger partial charge in [0.1, 0.15) is 0 Å². The van der Waals surface area contributed by atoms with Crippen LogP contribution < -0.4 is 26.8 Å². The highest BCUT2D eigenvalue weighted by Gasteiger charge is 2.38. The van der Waals surface area contributed by atoms with Gasteiger partial charge in [0.15, 0.2) is 0 Å². The Labute approximate surface area is 229 Å². The number of anilines is 2. The number of benzene rings is 2. The van der Waals surface area contributed by atoms with Crippen LogP contribution in [0.3, 0.4) is 0 Å². The van der Waals surface area contributed by atoms with Gasteiger partial charge in [-0.3, -0.25) is 10.6 Å². The summed E-state index contributed by atoms with van der Waals surface area (Å²) in [6.07, 6.45) is 10.7. The molecule has 1 atom stereocenters. The zero-order chi connectivity index (χ0) is 26.4. The first-order valence-electron chi connectivity index (χ1n) is 14.3. The lowest BCUT2D eigenvalue weighted by molar-refractivity contribution is 0.148. The molecule has 2 aliphatic carbocycles. The highest BCUT2D eigenvalue weighted by molar-refractivity contribution is 5.94. The number of nitrogens with one attached hydrogen (secondary N) is 1. The standard InChI is InChI=1S/C30H37N9/c31-28-35-30(32,36-39(28)29-33-20-22-11-10-21-6-4-5-9-26(21)27(22)34-29)23-12-14-25(15-13-23)38-18-16-37(17-19-38)24-7-2-1-3-8-24/h4-6,9,12-15,20,24,36H,1-3,7-8,10-11,16-19,32H2,(H2,31,35). The van der Waals surface area contributed by atoms with E-state index in [0.29, 0.717) is 5.95 Å². The van der Waals surface area contributed by atoms with E-state index in [1.165, 1.54) is 43.4 Å². The predicted molar refractivity (Wildman–Crippen MR) is 155 cm³/mol. The second kappa shape index (κ2) is 9.89. The minimum atomic E-state index is -1.19. The van der Waals surface area contributed by atoms with Crippen LogP contribution >= 0.6 is 0 Å². The van der Waals surface area contributed by atoms with Crippen molar-refractivity contribution in [3.63, 3.8) is 0 Å². The summed E-state index contributed by atoms with van der Waals surface area (Å²) in [5.74, 6) is -0.518. The molecule has 9 heteroatoms. The molecule has 3 heterocycles. The Hall–Kier alpha value is -3.53. The molecule has 2 fully saturated rings. The minimum absolute atomic E-state index is 0.240. The lowest BCUT2D eigenvalue weighted by Crippen LogP contribution is -2.53. The van der Waals surface area contributed by atoms with Crippen LogP contribution in [0.25, 0.3) is 11.3 Å². The van der Waals surface area contributed by atoms with Crippen molar-refractivity contribution in [1.29, 1.82) is 0 Å². The molecule has 0 amide bonds. The van der Waals surface area contributed by atoms with Crippen molar-refractivity contribution in [3.05, 3.63) is 71.4 Å². The molecular weight excluding hydrogens is 486 g/mol. The smallest absolute Gasteiger partial charge is 0.248 e. The summed E-state index contributed by atoms with van der Waals surface area (Å²) < 4.78 is 0. The highest BCUT2D eigenvalue weighted by Crippen LogP contribution is 2.33. The number of aryl methyl sites for hydroxylation is 2. The maximum atomic E-state index is 6.75. The van der Waals surface area contributed by atoms with Crippen molar-refractivity contribution >= 4 is 17.6 Å². The molecule has 2 aromatic carbocycles. The molecular formula is C30H37N9. The molecule has 39 heavy (non-hydrogen) atoms. The Morgan fingerprint density at radius 1 is 0.872 bits per heavy atom. The van der Waals surface area contributed by atoms with Gasteiger partial charge in [-0.2, -0.15) is 5.43 Å². The maximum absolute atomic E-state index is 6.75. The van der Waals surface area contributed by atoms with Crippen molar-refractivity contribution in [2.75, 3.05) is 36.1 Å². The van der Waals surface area contributed by atoms with Gasteiger partial charge in [-0.1, -0.05) is 55.7 Å². The van der Waals surface area contributed by atoms with E-state index in [0.717, 1.165) is 67.4 Å². The second-order valence-corrected chi connectivity index (χ2v) is 11.2. The first-order valence-corrected chi connectivity index (χ1v) is 14.3. The lowest BCUT2D eigenvalue weighted by atomic mass is 9.90. The quantitative estimate of drug-likeness (QED) is 0.478. The fraction of sp³-hybridized carbons (Fsp3) is 0.433. The molecule has 1 aromatic heterocycles. The van der Waals surface area contributed by atoms with Crippen LogP contribution in [0, 0.1) is 0 Å². The van der Waals surface area contributed by atoms with Gasteiger partial charge in [-0.05, 0) is 48.9 Å². The number of piperazine rings is 1. The molecule has 0 radical (unpaired) electrons. The zero-order valence-corrected chi connectivity index (χ0v) is 22.4. The van der Waals surface area contributed by atoms with Crippen LogP contribution in [-0.4, -0.2) is 53.0 Å². The summed E-state index contributed by atoms with van der Waals surface area (Å²) in [7, 11) is 0. The summed E-state index contributed by atoms with van der Waals surface area (Å²) in [5.41, 5.74) is 22.9. The van der Waals surface area contributed by atoms with E-state index in [2.05, 4.69) is 55.5 Å². The number of hydrazine groups is 1. The Bertz CT molecular complexity index is 1370. The third-order valence-electron chi connectivity index (χ3n) is 8.87. The van der Waals surface area contributed by atoms with Gasteiger partial charge in [0.25, 0.3) is 0 Å². The molecule has 0 spiro atoms.